The van der Waals surface area contributed by atoms with Crippen LogP contribution in [0.5, 0.6) is 0 Å². The Labute approximate surface area is 127 Å². The molecule has 1 aromatic carbocycles. The van der Waals surface area contributed by atoms with Gasteiger partial charge in [0.25, 0.3) is 0 Å². The second kappa shape index (κ2) is 5.15. The summed E-state index contributed by atoms with van der Waals surface area (Å²) in [5.41, 5.74) is 1.21. The highest BCUT2D eigenvalue weighted by Gasteiger charge is 2.45. The molecule has 0 spiro atoms. The molecule has 3 rings (SSSR count). The van der Waals surface area contributed by atoms with Crippen molar-refractivity contribution in [3.05, 3.63) is 51.7 Å². The molecular weight excluding hydrogens is 314 g/mol. The molecule has 1 heterocycles. The Balaban J connectivity index is 1.77. The van der Waals surface area contributed by atoms with Crippen molar-refractivity contribution >= 4 is 33.0 Å². The number of nitrogens with one attached hydrogen (secondary N) is 1. The van der Waals surface area contributed by atoms with E-state index in [2.05, 4.69) is 16.2 Å². The van der Waals surface area contributed by atoms with Crippen LogP contribution in [0.25, 0.3) is 0 Å². The van der Waals surface area contributed by atoms with Gasteiger partial charge in [-0.05, 0) is 47.4 Å². The van der Waals surface area contributed by atoms with Crippen molar-refractivity contribution in [2.75, 3.05) is 6.54 Å². The smallest absolute Gasteiger partial charge is 0.210 e. The Morgan fingerprint density at radius 1 is 1.25 bits per heavy atom. The number of halogens is 1. The third kappa shape index (κ3) is 2.63. The second-order valence-corrected chi connectivity index (χ2v) is 7.97. The van der Waals surface area contributed by atoms with E-state index in [1.807, 2.05) is 5.38 Å². The van der Waals surface area contributed by atoms with Crippen LogP contribution < -0.4 is 4.72 Å². The summed E-state index contributed by atoms with van der Waals surface area (Å²) in [5, 5.41) is 4.37. The Hall–Kier alpha value is -0.880. The molecule has 1 fully saturated rings. The molecule has 106 valence electrons. The summed E-state index contributed by atoms with van der Waals surface area (Å²) in [6.07, 6.45) is 2.05. The van der Waals surface area contributed by atoms with Crippen LogP contribution in [0.2, 0.25) is 5.02 Å². The molecule has 20 heavy (non-hydrogen) atoms. The Morgan fingerprint density at radius 3 is 2.60 bits per heavy atom. The number of hydrogen-bond acceptors (Lipinski definition) is 3. The van der Waals surface area contributed by atoms with Gasteiger partial charge >= 0.3 is 0 Å². The molecule has 2 aromatic rings. The van der Waals surface area contributed by atoms with Crippen LogP contribution in [0.15, 0.2) is 46.0 Å². The van der Waals surface area contributed by atoms with Crippen molar-refractivity contribution in [1.29, 1.82) is 0 Å². The van der Waals surface area contributed by atoms with E-state index < -0.39 is 10.0 Å². The molecule has 1 saturated carbocycles. The van der Waals surface area contributed by atoms with E-state index in [9.17, 15) is 8.42 Å². The minimum atomic E-state index is -3.55. The molecule has 0 atom stereocenters. The Bertz CT molecular complexity index is 707. The Kier molecular flexibility index (Phi) is 3.62. The minimum Gasteiger partial charge on any atom is -0.210 e. The van der Waals surface area contributed by atoms with Crippen LogP contribution >= 0.6 is 22.9 Å². The largest absolute Gasteiger partial charge is 0.242 e. The molecule has 1 N–H and O–H groups in total. The topological polar surface area (TPSA) is 46.2 Å². The van der Waals surface area contributed by atoms with Gasteiger partial charge in [-0.3, -0.25) is 0 Å². The first kappa shape index (κ1) is 14.1. The van der Waals surface area contributed by atoms with Gasteiger partial charge in [-0.1, -0.05) is 23.7 Å². The van der Waals surface area contributed by atoms with Crippen LogP contribution in [0.4, 0.5) is 0 Å². The summed E-state index contributed by atoms with van der Waals surface area (Å²) < 4.78 is 27.3. The molecular formula is C14H14ClNO2S2. The highest BCUT2D eigenvalue weighted by molar-refractivity contribution is 7.89. The van der Waals surface area contributed by atoms with E-state index >= 15 is 0 Å². The SMILES string of the molecule is O=S(=O)(NCC1(c2ccsc2)CC1)c1ccccc1Cl. The molecule has 0 unspecified atom stereocenters. The van der Waals surface area contributed by atoms with E-state index in [0.29, 0.717) is 6.54 Å². The number of rotatable bonds is 5. The van der Waals surface area contributed by atoms with Gasteiger partial charge in [-0.15, -0.1) is 0 Å². The standard InChI is InChI=1S/C14H14ClNO2S2/c15-12-3-1-2-4-13(12)20(17,18)16-10-14(6-7-14)11-5-8-19-9-11/h1-5,8-9,16H,6-7,10H2. The van der Waals surface area contributed by atoms with Gasteiger partial charge < -0.3 is 0 Å². The van der Waals surface area contributed by atoms with Crippen molar-refractivity contribution in [2.24, 2.45) is 0 Å². The number of thiophene rings is 1. The maximum absolute atomic E-state index is 12.3. The molecule has 0 aliphatic heterocycles. The van der Waals surface area contributed by atoms with E-state index in [1.54, 1.807) is 29.5 Å². The van der Waals surface area contributed by atoms with Crippen molar-refractivity contribution < 1.29 is 8.42 Å². The van der Waals surface area contributed by atoms with Crippen molar-refractivity contribution in [1.82, 2.24) is 4.72 Å². The predicted molar refractivity (Wildman–Crippen MR) is 81.9 cm³/mol. The van der Waals surface area contributed by atoms with E-state index in [1.165, 1.54) is 11.6 Å². The fraction of sp³-hybridized carbons (Fsp3) is 0.286. The number of hydrogen-bond donors (Lipinski definition) is 1. The predicted octanol–water partition coefficient (Wildman–Crippen LogP) is 3.41. The molecule has 0 saturated heterocycles. The normalized spacial score (nSPS) is 17.1. The Morgan fingerprint density at radius 2 is 2.00 bits per heavy atom. The lowest BCUT2D eigenvalue weighted by atomic mass is 10.0. The van der Waals surface area contributed by atoms with Crippen LogP contribution in [0.1, 0.15) is 18.4 Å². The molecule has 1 aliphatic rings. The molecule has 1 aromatic heterocycles. The summed E-state index contributed by atoms with van der Waals surface area (Å²) in [5.74, 6) is 0. The van der Waals surface area contributed by atoms with Gasteiger partial charge in [0.2, 0.25) is 10.0 Å². The highest BCUT2D eigenvalue weighted by Crippen LogP contribution is 2.48. The maximum Gasteiger partial charge on any atom is 0.242 e. The average molecular weight is 328 g/mol. The third-order valence-corrected chi connectivity index (χ3v) is 6.30. The van der Waals surface area contributed by atoms with Crippen molar-refractivity contribution in [2.45, 2.75) is 23.2 Å². The first-order chi connectivity index (χ1) is 9.54. The van der Waals surface area contributed by atoms with Gasteiger partial charge in [-0.25, -0.2) is 13.1 Å². The van der Waals surface area contributed by atoms with Crippen LogP contribution in [0, 0.1) is 0 Å². The molecule has 1 aliphatic carbocycles. The molecule has 3 nitrogen and oxygen atoms in total. The fourth-order valence-corrected chi connectivity index (χ4v) is 4.68. The lowest BCUT2D eigenvalue weighted by molar-refractivity contribution is 0.567. The number of sulfonamides is 1. The van der Waals surface area contributed by atoms with Gasteiger partial charge in [-0.2, -0.15) is 11.3 Å². The van der Waals surface area contributed by atoms with Crippen LogP contribution in [-0.2, 0) is 15.4 Å². The summed E-state index contributed by atoms with van der Waals surface area (Å²) >= 11 is 7.60. The quantitative estimate of drug-likeness (QED) is 0.914. The van der Waals surface area contributed by atoms with E-state index in [-0.39, 0.29) is 15.3 Å². The van der Waals surface area contributed by atoms with E-state index in [0.717, 1.165) is 12.8 Å². The van der Waals surface area contributed by atoms with Gasteiger partial charge in [0.1, 0.15) is 4.90 Å². The van der Waals surface area contributed by atoms with Crippen LogP contribution in [-0.4, -0.2) is 15.0 Å². The number of benzene rings is 1. The zero-order valence-corrected chi connectivity index (χ0v) is 13.1. The summed E-state index contributed by atoms with van der Waals surface area (Å²) in [4.78, 5) is 0.141. The fourth-order valence-electron chi connectivity index (χ4n) is 2.26. The first-order valence-corrected chi connectivity index (χ1v) is 9.11. The zero-order chi connectivity index (χ0) is 14.2. The minimum absolute atomic E-state index is 0.0195. The lowest BCUT2D eigenvalue weighted by Gasteiger charge is -2.15. The van der Waals surface area contributed by atoms with Crippen LogP contribution in [0.3, 0.4) is 0 Å². The first-order valence-electron chi connectivity index (χ1n) is 6.30. The zero-order valence-electron chi connectivity index (χ0n) is 10.7. The summed E-state index contributed by atoms with van der Waals surface area (Å²) in [6, 6.07) is 8.57. The molecule has 0 amide bonds. The maximum atomic E-state index is 12.3. The molecule has 6 heteroatoms. The average Bonchev–Trinajstić information content (AvgIpc) is 3.01. The van der Waals surface area contributed by atoms with Gasteiger partial charge in [0.15, 0.2) is 0 Å². The molecule has 0 bridgehead atoms. The summed E-state index contributed by atoms with van der Waals surface area (Å²) in [6.45, 7) is 0.428. The van der Waals surface area contributed by atoms with Gasteiger partial charge in [0, 0.05) is 12.0 Å². The van der Waals surface area contributed by atoms with Crippen molar-refractivity contribution in [3.8, 4) is 0 Å². The molecule has 0 radical (unpaired) electrons. The monoisotopic (exact) mass is 327 g/mol. The second-order valence-electron chi connectivity index (χ2n) is 5.05. The van der Waals surface area contributed by atoms with E-state index in [4.69, 9.17) is 11.6 Å². The third-order valence-electron chi connectivity index (χ3n) is 3.71. The lowest BCUT2D eigenvalue weighted by Crippen LogP contribution is -2.32. The van der Waals surface area contributed by atoms with Crippen molar-refractivity contribution in [3.63, 3.8) is 0 Å². The van der Waals surface area contributed by atoms with Gasteiger partial charge in [0.05, 0.1) is 5.02 Å². The highest BCUT2D eigenvalue weighted by atomic mass is 35.5. The summed E-state index contributed by atoms with van der Waals surface area (Å²) in [7, 11) is -3.55.